The number of hydrogen-bond acceptors (Lipinski definition) is 7. The van der Waals surface area contributed by atoms with Crippen LogP contribution >= 0.6 is 0 Å². The Labute approximate surface area is 168 Å². The van der Waals surface area contributed by atoms with E-state index >= 15 is 0 Å². The number of hydrogen-bond donors (Lipinski definition) is 1. The summed E-state index contributed by atoms with van der Waals surface area (Å²) in [6.07, 6.45) is 2.26. The predicted octanol–water partition coefficient (Wildman–Crippen LogP) is 2.44. The zero-order valence-electron chi connectivity index (χ0n) is 15.7. The first-order valence-corrected chi connectivity index (χ1v) is 11.0. The highest BCUT2D eigenvalue weighted by Gasteiger charge is 2.22. The zero-order valence-corrected chi connectivity index (χ0v) is 16.5. The van der Waals surface area contributed by atoms with Crippen LogP contribution < -0.4 is 19.1 Å². The van der Waals surface area contributed by atoms with Gasteiger partial charge < -0.3 is 14.4 Å². The van der Waals surface area contributed by atoms with Gasteiger partial charge in [-0.15, -0.1) is 0 Å². The number of para-hydroxylation sites is 1. The molecule has 3 heterocycles. The van der Waals surface area contributed by atoms with Gasteiger partial charge in [-0.3, -0.25) is 0 Å². The lowest BCUT2D eigenvalue weighted by Crippen LogP contribution is -2.25. The van der Waals surface area contributed by atoms with E-state index in [0.29, 0.717) is 17.3 Å². The summed E-state index contributed by atoms with van der Waals surface area (Å²) in [5.74, 6) is 2.27. The summed E-state index contributed by atoms with van der Waals surface area (Å²) in [5, 5.41) is 0.983. The van der Waals surface area contributed by atoms with Crippen LogP contribution in [0.15, 0.2) is 47.4 Å². The minimum Gasteiger partial charge on any atom is -0.454 e. The van der Waals surface area contributed by atoms with E-state index in [2.05, 4.69) is 19.6 Å². The maximum Gasteiger partial charge on any atom is 0.241 e. The smallest absolute Gasteiger partial charge is 0.241 e. The van der Waals surface area contributed by atoms with E-state index in [1.54, 1.807) is 6.07 Å². The molecule has 0 amide bonds. The Morgan fingerprint density at radius 3 is 2.66 bits per heavy atom. The second-order valence-corrected chi connectivity index (χ2v) is 8.78. The number of benzene rings is 2. The zero-order chi connectivity index (χ0) is 19.8. The van der Waals surface area contributed by atoms with E-state index in [4.69, 9.17) is 9.47 Å². The average molecular weight is 412 g/mol. The Morgan fingerprint density at radius 1 is 1.00 bits per heavy atom. The number of nitrogens with zero attached hydrogens (tertiary/aromatic N) is 3. The minimum absolute atomic E-state index is 0.00243. The topological polar surface area (TPSA) is 93.7 Å². The molecule has 0 atom stereocenters. The number of fused-ring (bicyclic) bond motifs is 2. The fraction of sp³-hybridized carbons (Fsp3) is 0.300. The van der Waals surface area contributed by atoms with Crippen LogP contribution in [0.4, 0.5) is 5.82 Å². The van der Waals surface area contributed by atoms with Crippen LogP contribution in [0.5, 0.6) is 11.5 Å². The summed E-state index contributed by atoms with van der Waals surface area (Å²) in [4.78, 5) is 11.6. The average Bonchev–Trinajstić information content (AvgIpc) is 3.43. The Balaban J connectivity index is 1.43. The molecule has 9 heteroatoms. The summed E-state index contributed by atoms with van der Waals surface area (Å²) < 4.78 is 38.6. The molecular formula is C20H20N4O4S. The molecule has 0 spiro atoms. The second-order valence-electron chi connectivity index (χ2n) is 7.01. The van der Waals surface area contributed by atoms with E-state index < -0.39 is 10.0 Å². The van der Waals surface area contributed by atoms with Crippen molar-refractivity contribution in [1.82, 2.24) is 14.7 Å². The highest BCUT2D eigenvalue weighted by Crippen LogP contribution is 2.34. The molecule has 2 aliphatic rings. The van der Waals surface area contributed by atoms with E-state index in [1.807, 2.05) is 24.3 Å². The molecule has 1 N–H and O–H groups in total. The van der Waals surface area contributed by atoms with Crippen LogP contribution in [0.1, 0.15) is 18.7 Å². The third-order valence-corrected chi connectivity index (χ3v) is 6.51. The van der Waals surface area contributed by atoms with Crippen molar-refractivity contribution >= 4 is 26.7 Å². The van der Waals surface area contributed by atoms with Crippen LogP contribution in [-0.2, 0) is 16.6 Å². The van der Waals surface area contributed by atoms with Gasteiger partial charge in [0.05, 0.1) is 17.0 Å². The lowest BCUT2D eigenvalue weighted by molar-refractivity contribution is 0.174. The van der Waals surface area contributed by atoms with Crippen molar-refractivity contribution in [3.8, 4) is 11.5 Å². The van der Waals surface area contributed by atoms with Gasteiger partial charge in [0, 0.05) is 24.5 Å². The van der Waals surface area contributed by atoms with Crippen molar-refractivity contribution in [2.75, 3.05) is 24.8 Å². The number of aromatic nitrogens is 2. The van der Waals surface area contributed by atoms with E-state index in [-0.39, 0.29) is 18.2 Å². The molecule has 5 rings (SSSR count). The number of ether oxygens (including phenoxy) is 2. The predicted molar refractivity (Wildman–Crippen MR) is 108 cm³/mol. The van der Waals surface area contributed by atoms with Gasteiger partial charge in [-0.25, -0.2) is 23.1 Å². The van der Waals surface area contributed by atoms with Crippen LogP contribution in [0.3, 0.4) is 0 Å². The monoisotopic (exact) mass is 412 g/mol. The summed E-state index contributed by atoms with van der Waals surface area (Å²) in [6, 6.07) is 12.4. The molecule has 2 aliphatic heterocycles. The van der Waals surface area contributed by atoms with Crippen LogP contribution in [0.2, 0.25) is 0 Å². The number of nitrogens with one attached hydrogen (secondary N) is 1. The van der Waals surface area contributed by atoms with Crippen molar-refractivity contribution in [3.05, 3.63) is 48.3 Å². The van der Waals surface area contributed by atoms with Gasteiger partial charge in [-0.2, -0.15) is 0 Å². The van der Waals surface area contributed by atoms with Gasteiger partial charge in [-0.05, 0) is 37.1 Å². The molecule has 3 aromatic rings. The maximum absolute atomic E-state index is 12.7. The van der Waals surface area contributed by atoms with Crippen molar-refractivity contribution < 1.29 is 17.9 Å². The van der Waals surface area contributed by atoms with E-state index in [9.17, 15) is 8.42 Å². The van der Waals surface area contributed by atoms with Gasteiger partial charge in [0.1, 0.15) is 11.6 Å². The van der Waals surface area contributed by atoms with Gasteiger partial charge >= 0.3 is 0 Å². The van der Waals surface area contributed by atoms with E-state index in [1.165, 1.54) is 12.1 Å². The molecular weight excluding hydrogens is 392 g/mol. The van der Waals surface area contributed by atoms with Gasteiger partial charge in [0.15, 0.2) is 11.5 Å². The first-order valence-electron chi connectivity index (χ1n) is 9.50. The van der Waals surface area contributed by atoms with Crippen LogP contribution in [-0.4, -0.2) is 38.3 Å². The molecule has 0 saturated carbocycles. The van der Waals surface area contributed by atoms with Gasteiger partial charge in [-0.1, -0.05) is 12.1 Å². The maximum atomic E-state index is 12.7. The molecule has 1 fully saturated rings. The third kappa shape index (κ3) is 3.47. The Morgan fingerprint density at radius 2 is 1.79 bits per heavy atom. The van der Waals surface area contributed by atoms with Crippen molar-refractivity contribution in [3.63, 3.8) is 0 Å². The number of anilines is 1. The summed E-state index contributed by atoms with van der Waals surface area (Å²) >= 11 is 0. The molecule has 1 aromatic heterocycles. The van der Waals surface area contributed by atoms with Crippen molar-refractivity contribution in [2.45, 2.75) is 24.3 Å². The van der Waals surface area contributed by atoms with Gasteiger partial charge in [0.25, 0.3) is 0 Å². The fourth-order valence-corrected chi connectivity index (χ4v) is 4.64. The Kier molecular flexibility index (Phi) is 4.48. The quantitative estimate of drug-likeness (QED) is 0.688. The number of rotatable bonds is 5. The lowest BCUT2D eigenvalue weighted by Gasteiger charge is -2.19. The number of sulfonamides is 1. The van der Waals surface area contributed by atoms with Crippen molar-refractivity contribution in [2.24, 2.45) is 0 Å². The first kappa shape index (κ1) is 18.1. The standard InChI is InChI=1S/C20H20N4O4S/c25-29(26,14-7-8-17-18(11-14)28-13-27-17)21-12-19-22-16-6-2-1-5-15(16)20(23-19)24-9-3-4-10-24/h1-2,5-8,11,21H,3-4,9-10,12-13H2. The fourth-order valence-electron chi connectivity index (χ4n) is 3.64. The van der Waals surface area contributed by atoms with Crippen molar-refractivity contribution in [1.29, 1.82) is 0 Å². The first-order chi connectivity index (χ1) is 14.1. The molecule has 0 radical (unpaired) electrons. The molecule has 1 saturated heterocycles. The Bertz CT molecular complexity index is 1180. The second kappa shape index (κ2) is 7.16. The largest absolute Gasteiger partial charge is 0.454 e. The molecule has 8 nitrogen and oxygen atoms in total. The molecule has 0 bridgehead atoms. The Hall–Kier alpha value is -2.91. The van der Waals surface area contributed by atoms with Crippen LogP contribution in [0.25, 0.3) is 10.9 Å². The highest BCUT2D eigenvalue weighted by atomic mass is 32.2. The molecule has 29 heavy (non-hydrogen) atoms. The molecule has 2 aromatic carbocycles. The highest BCUT2D eigenvalue weighted by molar-refractivity contribution is 7.89. The molecule has 150 valence electrons. The SMILES string of the molecule is O=S(=O)(NCc1nc(N2CCCC2)c2ccccc2n1)c1ccc2c(c1)OCO2. The normalized spacial score (nSPS) is 15.9. The molecule has 0 unspecified atom stereocenters. The lowest BCUT2D eigenvalue weighted by atomic mass is 10.2. The van der Waals surface area contributed by atoms with Gasteiger partial charge in [0.2, 0.25) is 16.8 Å². The van der Waals surface area contributed by atoms with E-state index in [0.717, 1.165) is 42.7 Å². The summed E-state index contributed by atoms with van der Waals surface area (Å²) in [6.45, 7) is 1.99. The summed E-state index contributed by atoms with van der Waals surface area (Å²) in [7, 11) is -3.74. The molecule has 0 aliphatic carbocycles. The van der Waals surface area contributed by atoms with Crippen LogP contribution in [0, 0.1) is 0 Å². The minimum atomic E-state index is -3.74. The third-order valence-electron chi connectivity index (χ3n) is 5.11. The summed E-state index contributed by atoms with van der Waals surface area (Å²) in [5.41, 5.74) is 0.807.